The predicted molar refractivity (Wildman–Crippen MR) is 106 cm³/mol. The third kappa shape index (κ3) is 5.72. The Kier molecular flexibility index (Phi) is 7.10. The lowest BCUT2D eigenvalue weighted by Gasteiger charge is -2.32. The Hall–Kier alpha value is -0.560. The Morgan fingerprint density at radius 1 is 1.41 bits per heavy atom. The van der Waals surface area contributed by atoms with Crippen molar-refractivity contribution in [1.82, 2.24) is 9.62 Å². The van der Waals surface area contributed by atoms with Crippen LogP contribution in [0.15, 0.2) is 14.5 Å². The Labute approximate surface area is 166 Å². The Morgan fingerprint density at radius 2 is 2.07 bits per heavy atom. The number of hydrogen-bond acceptors (Lipinski definition) is 7. The van der Waals surface area contributed by atoms with Crippen LogP contribution in [0.25, 0.3) is 0 Å². The minimum atomic E-state index is -3.96. The van der Waals surface area contributed by atoms with Gasteiger partial charge in [-0.3, -0.25) is 0 Å². The molecule has 0 aliphatic carbocycles. The molecule has 0 saturated carbocycles. The van der Waals surface area contributed by atoms with E-state index in [4.69, 9.17) is 9.88 Å². The van der Waals surface area contributed by atoms with E-state index in [1.807, 2.05) is 27.7 Å². The van der Waals surface area contributed by atoms with E-state index >= 15 is 0 Å². The summed E-state index contributed by atoms with van der Waals surface area (Å²) in [4.78, 5) is 0. The number of hydrogen-bond donors (Lipinski definition) is 2. The van der Waals surface area contributed by atoms with Crippen LogP contribution < -0.4 is 10.5 Å². The molecule has 27 heavy (non-hydrogen) atoms. The zero-order chi connectivity index (χ0) is 20.5. The highest BCUT2D eigenvalue weighted by molar-refractivity contribution is 7.94. The van der Waals surface area contributed by atoms with E-state index in [0.717, 1.165) is 17.8 Å². The zero-order valence-electron chi connectivity index (χ0n) is 16.2. The first-order chi connectivity index (χ1) is 12.4. The third-order valence-electron chi connectivity index (χ3n) is 4.05. The van der Waals surface area contributed by atoms with E-state index in [0.29, 0.717) is 31.7 Å². The standard InChI is InChI=1S/C16H29N3O5S3/c1-5-7-18-13-11-19(8-6-9-24-16(2,3)4)27(22,23)15-12(13)10-14(25-15)26(17,20)21/h10,13,18H,5-9,11H2,1-4H3,(H2,17,20,21)/t13-/m0/s1. The highest BCUT2D eigenvalue weighted by atomic mass is 32.3. The lowest BCUT2D eigenvalue weighted by atomic mass is 10.1. The lowest BCUT2D eigenvalue weighted by molar-refractivity contribution is -0.00530. The second-order valence-corrected chi connectivity index (χ2v) is 12.5. The fraction of sp³-hybridized carbons (Fsp3) is 0.750. The monoisotopic (exact) mass is 439 g/mol. The van der Waals surface area contributed by atoms with Gasteiger partial charge in [-0.15, -0.1) is 11.3 Å². The smallest absolute Gasteiger partial charge is 0.252 e. The Bertz CT molecular complexity index is 856. The van der Waals surface area contributed by atoms with Gasteiger partial charge < -0.3 is 10.1 Å². The maximum atomic E-state index is 13.0. The molecule has 0 fully saturated rings. The fourth-order valence-corrected chi connectivity index (χ4v) is 7.10. The van der Waals surface area contributed by atoms with E-state index < -0.39 is 20.0 Å². The van der Waals surface area contributed by atoms with Crippen LogP contribution in [0.5, 0.6) is 0 Å². The highest BCUT2D eigenvalue weighted by Gasteiger charge is 2.39. The van der Waals surface area contributed by atoms with Gasteiger partial charge in [-0.2, -0.15) is 4.31 Å². The molecule has 0 unspecified atom stereocenters. The highest BCUT2D eigenvalue weighted by Crippen LogP contribution is 2.39. The predicted octanol–water partition coefficient (Wildman–Crippen LogP) is 1.65. The van der Waals surface area contributed by atoms with Crippen molar-refractivity contribution in [3.05, 3.63) is 11.6 Å². The number of thiophene rings is 1. The van der Waals surface area contributed by atoms with Gasteiger partial charge in [0.2, 0.25) is 10.0 Å². The molecule has 0 aromatic carbocycles. The average molecular weight is 440 g/mol. The SMILES string of the molecule is CCCN[C@H]1CN(CCCOC(C)(C)C)S(=O)(=O)c2sc(S(N)(=O)=O)cc21. The summed E-state index contributed by atoms with van der Waals surface area (Å²) in [5.41, 5.74) is 0.205. The third-order valence-corrected chi connectivity index (χ3v) is 9.01. The second-order valence-electron chi connectivity index (χ2n) is 7.54. The number of nitrogens with one attached hydrogen (secondary N) is 1. The largest absolute Gasteiger partial charge is 0.376 e. The molecule has 1 aliphatic heterocycles. The molecule has 1 aliphatic rings. The number of sulfonamides is 2. The van der Waals surface area contributed by atoms with Gasteiger partial charge in [0.15, 0.2) is 0 Å². The molecule has 0 amide bonds. The molecule has 2 heterocycles. The zero-order valence-corrected chi connectivity index (χ0v) is 18.6. The minimum absolute atomic E-state index is 0.0584. The molecule has 1 atom stereocenters. The first-order valence-electron chi connectivity index (χ1n) is 8.90. The van der Waals surface area contributed by atoms with Gasteiger partial charge in [0, 0.05) is 31.3 Å². The maximum Gasteiger partial charge on any atom is 0.252 e. The van der Waals surface area contributed by atoms with E-state index in [2.05, 4.69) is 5.32 Å². The van der Waals surface area contributed by atoms with Crippen LogP contribution in [0.1, 0.15) is 52.1 Å². The van der Waals surface area contributed by atoms with Crippen LogP contribution in [0.4, 0.5) is 0 Å². The van der Waals surface area contributed by atoms with Crippen LogP contribution in [0.3, 0.4) is 0 Å². The Morgan fingerprint density at radius 3 is 2.63 bits per heavy atom. The van der Waals surface area contributed by atoms with Gasteiger partial charge >= 0.3 is 0 Å². The van der Waals surface area contributed by atoms with Crippen LogP contribution >= 0.6 is 11.3 Å². The second kappa shape index (κ2) is 8.44. The van der Waals surface area contributed by atoms with Crippen molar-refractivity contribution in [2.24, 2.45) is 5.14 Å². The van der Waals surface area contributed by atoms with Gasteiger partial charge in [0.1, 0.15) is 8.42 Å². The molecule has 11 heteroatoms. The minimum Gasteiger partial charge on any atom is -0.376 e. The molecule has 0 bridgehead atoms. The number of nitrogens with two attached hydrogens (primary N) is 1. The van der Waals surface area contributed by atoms with E-state index in [-0.39, 0.29) is 26.6 Å². The summed E-state index contributed by atoms with van der Waals surface area (Å²) in [6, 6.07) is 1.12. The molecule has 1 aromatic rings. The normalized spacial score (nSPS) is 20.6. The van der Waals surface area contributed by atoms with Crippen molar-refractivity contribution in [3.63, 3.8) is 0 Å². The van der Waals surface area contributed by atoms with Gasteiger partial charge in [0.25, 0.3) is 10.0 Å². The number of fused-ring (bicyclic) bond motifs is 1. The molecular formula is C16H29N3O5S3. The molecule has 0 saturated heterocycles. The number of ether oxygens (including phenoxy) is 1. The number of nitrogens with zero attached hydrogens (tertiary/aromatic N) is 1. The molecule has 0 spiro atoms. The topological polar surface area (TPSA) is 119 Å². The molecule has 3 N–H and O–H groups in total. The first-order valence-corrected chi connectivity index (χ1v) is 12.7. The van der Waals surface area contributed by atoms with Crippen molar-refractivity contribution >= 4 is 31.4 Å². The van der Waals surface area contributed by atoms with Crippen molar-refractivity contribution < 1.29 is 21.6 Å². The number of rotatable bonds is 8. The lowest BCUT2D eigenvalue weighted by Crippen LogP contribution is -2.44. The van der Waals surface area contributed by atoms with E-state index in [9.17, 15) is 16.8 Å². The van der Waals surface area contributed by atoms with Gasteiger partial charge in [0.05, 0.1) is 5.60 Å². The van der Waals surface area contributed by atoms with Crippen molar-refractivity contribution in [3.8, 4) is 0 Å². The summed E-state index contributed by atoms with van der Waals surface area (Å²) in [6.07, 6.45) is 1.43. The van der Waals surface area contributed by atoms with Gasteiger partial charge in [-0.05, 0) is 46.2 Å². The van der Waals surface area contributed by atoms with Crippen molar-refractivity contribution in [2.75, 3.05) is 26.2 Å². The molecule has 2 rings (SSSR count). The van der Waals surface area contributed by atoms with Crippen LogP contribution in [-0.2, 0) is 24.8 Å². The summed E-state index contributed by atoms with van der Waals surface area (Å²) in [5.74, 6) is 0. The van der Waals surface area contributed by atoms with Gasteiger partial charge in [-0.1, -0.05) is 6.92 Å². The van der Waals surface area contributed by atoms with E-state index in [1.165, 1.54) is 10.4 Å². The molecule has 8 nitrogen and oxygen atoms in total. The number of primary sulfonamides is 1. The van der Waals surface area contributed by atoms with Crippen molar-refractivity contribution in [2.45, 2.75) is 60.6 Å². The summed E-state index contributed by atoms with van der Waals surface area (Å²) >= 11 is 0.720. The quantitative estimate of drug-likeness (QED) is 0.595. The average Bonchev–Trinajstić information content (AvgIpc) is 2.98. The van der Waals surface area contributed by atoms with E-state index in [1.54, 1.807) is 0 Å². The molecule has 1 aromatic heterocycles. The summed E-state index contributed by atoms with van der Waals surface area (Å²) in [6.45, 7) is 9.56. The molecular weight excluding hydrogens is 410 g/mol. The van der Waals surface area contributed by atoms with Gasteiger partial charge in [-0.25, -0.2) is 22.0 Å². The summed E-state index contributed by atoms with van der Waals surface area (Å²) in [7, 11) is -7.72. The van der Waals surface area contributed by atoms with Crippen molar-refractivity contribution in [1.29, 1.82) is 0 Å². The molecule has 156 valence electrons. The van der Waals surface area contributed by atoms with Crippen LogP contribution in [-0.4, -0.2) is 53.0 Å². The Balaban J connectivity index is 2.27. The first kappa shape index (κ1) is 22.7. The maximum absolute atomic E-state index is 13.0. The van der Waals surface area contributed by atoms with Crippen LogP contribution in [0, 0.1) is 0 Å². The van der Waals surface area contributed by atoms with Crippen LogP contribution in [0.2, 0.25) is 0 Å². The molecule has 0 radical (unpaired) electrons. The summed E-state index contributed by atoms with van der Waals surface area (Å²) in [5, 5.41) is 8.52. The fourth-order valence-electron chi connectivity index (χ4n) is 2.79. The summed E-state index contributed by atoms with van der Waals surface area (Å²) < 4.78 is 56.4.